The number of carbonyl (C=O) groups is 1. The molecule has 0 fully saturated rings. The summed E-state index contributed by atoms with van der Waals surface area (Å²) in [7, 11) is 1.88. The SMILES string of the molecule is CN1C(=O)CC2=C1CCC2. The maximum atomic E-state index is 11.1. The zero-order valence-electron chi connectivity index (χ0n) is 6.18. The van der Waals surface area contributed by atoms with E-state index < -0.39 is 0 Å². The molecule has 2 heteroatoms. The lowest BCUT2D eigenvalue weighted by atomic mass is 10.2. The Morgan fingerprint density at radius 1 is 1.40 bits per heavy atom. The molecule has 2 nitrogen and oxygen atoms in total. The van der Waals surface area contributed by atoms with Crippen molar-refractivity contribution >= 4 is 5.91 Å². The topological polar surface area (TPSA) is 20.3 Å². The summed E-state index contributed by atoms with van der Waals surface area (Å²) in [6.45, 7) is 0. The zero-order chi connectivity index (χ0) is 7.14. The van der Waals surface area contributed by atoms with E-state index in [-0.39, 0.29) is 5.91 Å². The van der Waals surface area contributed by atoms with Crippen LogP contribution in [0.1, 0.15) is 25.7 Å². The standard InChI is InChI=1S/C8H11NO/c1-9-7-4-2-3-6(7)5-8(9)10/h2-5H2,1H3. The maximum absolute atomic E-state index is 11.1. The third-order valence-corrected chi connectivity index (χ3v) is 2.44. The Kier molecular flexibility index (Phi) is 1.10. The first-order valence-corrected chi connectivity index (χ1v) is 3.76. The Hall–Kier alpha value is -0.790. The molecule has 0 unspecified atom stereocenters. The van der Waals surface area contributed by atoms with Gasteiger partial charge in [-0.25, -0.2) is 0 Å². The zero-order valence-corrected chi connectivity index (χ0v) is 6.18. The van der Waals surface area contributed by atoms with E-state index >= 15 is 0 Å². The molecule has 54 valence electrons. The van der Waals surface area contributed by atoms with Crippen LogP contribution in [0.15, 0.2) is 11.3 Å². The molecule has 0 aromatic rings. The smallest absolute Gasteiger partial charge is 0.230 e. The van der Waals surface area contributed by atoms with E-state index in [1.54, 1.807) is 0 Å². The molecule has 0 saturated carbocycles. The molecule has 2 rings (SSSR count). The van der Waals surface area contributed by atoms with Gasteiger partial charge in [-0.15, -0.1) is 0 Å². The van der Waals surface area contributed by atoms with Crippen molar-refractivity contribution in [3.63, 3.8) is 0 Å². The minimum atomic E-state index is 0.282. The van der Waals surface area contributed by atoms with Crippen LogP contribution < -0.4 is 0 Å². The molecule has 0 spiro atoms. The summed E-state index contributed by atoms with van der Waals surface area (Å²) in [5.74, 6) is 0.282. The van der Waals surface area contributed by atoms with Crippen molar-refractivity contribution in [2.45, 2.75) is 25.7 Å². The van der Waals surface area contributed by atoms with Crippen LogP contribution in [0.4, 0.5) is 0 Å². The van der Waals surface area contributed by atoms with Crippen LogP contribution in [-0.2, 0) is 4.79 Å². The van der Waals surface area contributed by atoms with Crippen LogP contribution in [0.2, 0.25) is 0 Å². The van der Waals surface area contributed by atoms with Gasteiger partial charge in [0.2, 0.25) is 5.91 Å². The number of amides is 1. The van der Waals surface area contributed by atoms with Crippen LogP contribution in [0.5, 0.6) is 0 Å². The predicted molar refractivity (Wildman–Crippen MR) is 38.3 cm³/mol. The normalized spacial score (nSPS) is 24.5. The number of nitrogens with zero attached hydrogens (tertiary/aromatic N) is 1. The molecule has 1 heterocycles. The molecular formula is C8H11NO. The van der Waals surface area contributed by atoms with Gasteiger partial charge in [-0.3, -0.25) is 4.79 Å². The third kappa shape index (κ3) is 0.618. The van der Waals surface area contributed by atoms with E-state index in [1.165, 1.54) is 17.7 Å². The van der Waals surface area contributed by atoms with Crippen molar-refractivity contribution in [1.29, 1.82) is 0 Å². The predicted octanol–water partition coefficient (Wildman–Crippen LogP) is 1.29. The second-order valence-corrected chi connectivity index (χ2v) is 3.03. The van der Waals surface area contributed by atoms with Gasteiger partial charge in [0.25, 0.3) is 0 Å². The second-order valence-electron chi connectivity index (χ2n) is 3.03. The molecule has 0 bridgehead atoms. The van der Waals surface area contributed by atoms with E-state index in [4.69, 9.17) is 0 Å². The van der Waals surface area contributed by atoms with Crippen molar-refractivity contribution in [1.82, 2.24) is 4.90 Å². The summed E-state index contributed by atoms with van der Waals surface area (Å²) < 4.78 is 0. The number of rotatable bonds is 0. The quantitative estimate of drug-likeness (QED) is 0.492. The summed E-state index contributed by atoms with van der Waals surface area (Å²) in [6.07, 6.45) is 4.23. The highest BCUT2D eigenvalue weighted by Crippen LogP contribution is 2.35. The Labute approximate surface area is 60.5 Å². The second kappa shape index (κ2) is 1.84. The first-order chi connectivity index (χ1) is 4.79. The molecule has 1 amide bonds. The molecule has 10 heavy (non-hydrogen) atoms. The van der Waals surface area contributed by atoms with E-state index in [0.29, 0.717) is 6.42 Å². The summed E-state index contributed by atoms with van der Waals surface area (Å²) in [6, 6.07) is 0. The van der Waals surface area contributed by atoms with Crippen molar-refractivity contribution in [3.05, 3.63) is 11.3 Å². The van der Waals surface area contributed by atoms with Gasteiger partial charge in [0.15, 0.2) is 0 Å². The molecule has 0 N–H and O–H groups in total. The molecule has 0 atom stereocenters. The largest absolute Gasteiger partial charge is 0.319 e. The van der Waals surface area contributed by atoms with Gasteiger partial charge in [0, 0.05) is 12.7 Å². The molecular weight excluding hydrogens is 126 g/mol. The van der Waals surface area contributed by atoms with Crippen LogP contribution in [0, 0.1) is 0 Å². The van der Waals surface area contributed by atoms with E-state index in [0.717, 1.165) is 12.8 Å². The lowest BCUT2D eigenvalue weighted by Crippen LogP contribution is -2.19. The monoisotopic (exact) mass is 137 g/mol. The average molecular weight is 137 g/mol. The molecule has 1 aliphatic carbocycles. The average Bonchev–Trinajstić information content (AvgIpc) is 2.41. The van der Waals surface area contributed by atoms with Crippen molar-refractivity contribution < 1.29 is 4.79 Å². The van der Waals surface area contributed by atoms with Crippen molar-refractivity contribution in [3.8, 4) is 0 Å². The molecule has 0 aromatic carbocycles. The van der Waals surface area contributed by atoms with Crippen molar-refractivity contribution in [2.75, 3.05) is 7.05 Å². The van der Waals surface area contributed by atoms with Gasteiger partial charge in [-0.1, -0.05) is 0 Å². The minimum absolute atomic E-state index is 0.282. The molecule has 1 aliphatic heterocycles. The fraction of sp³-hybridized carbons (Fsp3) is 0.625. The Morgan fingerprint density at radius 3 is 2.90 bits per heavy atom. The number of hydrogen-bond donors (Lipinski definition) is 0. The molecule has 0 radical (unpaired) electrons. The maximum Gasteiger partial charge on any atom is 0.230 e. The molecule has 0 saturated heterocycles. The number of hydrogen-bond acceptors (Lipinski definition) is 1. The van der Waals surface area contributed by atoms with Crippen LogP contribution in [0.25, 0.3) is 0 Å². The highest BCUT2D eigenvalue weighted by molar-refractivity contribution is 5.84. The van der Waals surface area contributed by atoms with Crippen LogP contribution in [0.3, 0.4) is 0 Å². The van der Waals surface area contributed by atoms with Crippen LogP contribution in [-0.4, -0.2) is 17.9 Å². The third-order valence-electron chi connectivity index (χ3n) is 2.44. The van der Waals surface area contributed by atoms with E-state index in [9.17, 15) is 4.79 Å². The van der Waals surface area contributed by atoms with E-state index in [1.807, 2.05) is 11.9 Å². The Bertz CT molecular complexity index is 217. The summed E-state index contributed by atoms with van der Waals surface area (Å²) in [4.78, 5) is 12.9. The van der Waals surface area contributed by atoms with Crippen LogP contribution >= 0.6 is 0 Å². The Morgan fingerprint density at radius 2 is 2.20 bits per heavy atom. The first kappa shape index (κ1) is 5.96. The van der Waals surface area contributed by atoms with E-state index in [2.05, 4.69) is 0 Å². The fourth-order valence-corrected chi connectivity index (χ4v) is 1.84. The molecule has 2 aliphatic rings. The number of likely N-dealkylation sites (tertiary alicyclic amines) is 1. The first-order valence-electron chi connectivity index (χ1n) is 3.76. The summed E-state index contributed by atoms with van der Waals surface area (Å²) in [5.41, 5.74) is 2.71. The number of allylic oxidation sites excluding steroid dienone is 1. The highest BCUT2D eigenvalue weighted by atomic mass is 16.2. The van der Waals surface area contributed by atoms with Gasteiger partial charge < -0.3 is 4.90 Å². The van der Waals surface area contributed by atoms with Gasteiger partial charge in [-0.2, -0.15) is 0 Å². The molecule has 0 aromatic heterocycles. The van der Waals surface area contributed by atoms with Gasteiger partial charge in [0.05, 0.1) is 6.42 Å². The summed E-state index contributed by atoms with van der Waals surface area (Å²) >= 11 is 0. The van der Waals surface area contributed by atoms with Gasteiger partial charge in [0.1, 0.15) is 0 Å². The fourth-order valence-electron chi connectivity index (χ4n) is 1.84. The summed E-state index contributed by atoms with van der Waals surface area (Å²) in [5, 5.41) is 0. The minimum Gasteiger partial charge on any atom is -0.319 e. The Balaban J connectivity index is 2.30. The number of carbonyl (C=O) groups excluding carboxylic acids is 1. The van der Waals surface area contributed by atoms with Gasteiger partial charge in [-0.05, 0) is 24.8 Å². The lowest BCUT2D eigenvalue weighted by Gasteiger charge is -2.11. The lowest BCUT2D eigenvalue weighted by molar-refractivity contribution is -0.126. The van der Waals surface area contributed by atoms with Crippen molar-refractivity contribution in [2.24, 2.45) is 0 Å². The van der Waals surface area contributed by atoms with Gasteiger partial charge >= 0.3 is 0 Å². The highest BCUT2D eigenvalue weighted by Gasteiger charge is 2.29.